The third-order valence-electron chi connectivity index (χ3n) is 4.68. The molecule has 0 aliphatic heterocycles. The van der Waals surface area contributed by atoms with Gasteiger partial charge in [-0.25, -0.2) is 4.79 Å². The van der Waals surface area contributed by atoms with Crippen molar-refractivity contribution in [1.82, 2.24) is 5.32 Å². The van der Waals surface area contributed by atoms with E-state index in [0.29, 0.717) is 11.8 Å². The molecule has 1 aliphatic rings. The van der Waals surface area contributed by atoms with Crippen LogP contribution in [-0.2, 0) is 4.74 Å². The zero-order valence-corrected chi connectivity index (χ0v) is 15.1. The van der Waals surface area contributed by atoms with Gasteiger partial charge >= 0.3 is 6.09 Å². The Balaban J connectivity index is 1.78. The van der Waals surface area contributed by atoms with E-state index in [9.17, 15) is 9.90 Å². The van der Waals surface area contributed by atoms with E-state index in [1.54, 1.807) is 0 Å². The molecule has 0 heterocycles. The summed E-state index contributed by atoms with van der Waals surface area (Å²) >= 11 is 0. The minimum Gasteiger partial charge on any atom is -0.444 e. The highest BCUT2D eigenvalue weighted by Crippen LogP contribution is 2.37. The van der Waals surface area contributed by atoms with Gasteiger partial charge in [0.1, 0.15) is 5.60 Å². The molecule has 1 aliphatic carbocycles. The molecular weight excluding hydrogens is 302 g/mol. The topological polar surface area (TPSA) is 58.6 Å². The second-order valence-corrected chi connectivity index (χ2v) is 7.89. The van der Waals surface area contributed by atoms with Gasteiger partial charge in [-0.05, 0) is 70.3 Å². The van der Waals surface area contributed by atoms with Gasteiger partial charge in [0.2, 0.25) is 0 Å². The molecule has 24 heavy (non-hydrogen) atoms. The standard InChI is InChI=1S/C20H31NO3/c1-20(2,3)24-19(23)21-18(14-22)13-15-9-11-17(12-10-15)16-7-5-4-6-8-16/h4-8,15,17-18,22H,9-14H2,1-3H3,(H,21,23)/t15?,17?,18-/m1/s1. The number of hydrogen-bond acceptors (Lipinski definition) is 3. The normalized spacial score (nSPS) is 22.7. The molecule has 134 valence electrons. The number of aliphatic hydroxyl groups excluding tert-OH is 1. The van der Waals surface area contributed by atoms with Crippen molar-refractivity contribution in [3.8, 4) is 0 Å². The summed E-state index contributed by atoms with van der Waals surface area (Å²) < 4.78 is 5.27. The van der Waals surface area contributed by atoms with Crippen molar-refractivity contribution >= 4 is 6.09 Å². The van der Waals surface area contributed by atoms with Crippen molar-refractivity contribution in [2.24, 2.45) is 5.92 Å². The Hall–Kier alpha value is -1.55. The van der Waals surface area contributed by atoms with Crippen LogP contribution < -0.4 is 5.32 Å². The van der Waals surface area contributed by atoms with Crippen LogP contribution in [0.15, 0.2) is 30.3 Å². The molecule has 0 unspecified atom stereocenters. The first kappa shape index (κ1) is 18.8. The lowest BCUT2D eigenvalue weighted by Gasteiger charge is -2.31. The summed E-state index contributed by atoms with van der Waals surface area (Å²) in [5.74, 6) is 1.20. The molecule has 4 heteroatoms. The van der Waals surface area contributed by atoms with Crippen molar-refractivity contribution in [1.29, 1.82) is 0 Å². The van der Waals surface area contributed by atoms with Gasteiger partial charge in [0.15, 0.2) is 0 Å². The monoisotopic (exact) mass is 333 g/mol. The van der Waals surface area contributed by atoms with Gasteiger partial charge in [-0.1, -0.05) is 30.3 Å². The highest BCUT2D eigenvalue weighted by Gasteiger charge is 2.26. The maximum Gasteiger partial charge on any atom is 0.407 e. The summed E-state index contributed by atoms with van der Waals surface area (Å²) in [4.78, 5) is 11.9. The second kappa shape index (κ2) is 8.52. The molecule has 1 aromatic rings. The van der Waals surface area contributed by atoms with Crippen LogP contribution in [0.3, 0.4) is 0 Å². The number of aliphatic hydroxyl groups is 1. The van der Waals surface area contributed by atoms with Gasteiger partial charge in [-0.3, -0.25) is 0 Å². The molecular formula is C20H31NO3. The maximum absolute atomic E-state index is 11.9. The van der Waals surface area contributed by atoms with Crippen LogP contribution in [-0.4, -0.2) is 29.4 Å². The number of alkyl carbamates (subject to hydrolysis) is 1. The van der Waals surface area contributed by atoms with Crippen LogP contribution in [0.4, 0.5) is 4.79 Å². The third kappa shape index (κ3) is 6.16. The molecule has 1 fully saturated rings. The van der Waals surface area contributed by atoms with Crippen LogP contribution in [0.2, 0.25) is 0 Å². The summed E-state index contributed by atoms with van der Waals surface area (Å²) in [6, 6.07) is 10.5. The molecule has 2 N–H and O–H groups in total. The third-order valence-corrected chi connectivity index (χ3v) is 4.68. The molecule has 0 spiro atoms. The van der Waals surface area contributed by atoms with Crippen LogP contribution in [0, 0.1) is 5.92 Å². The lowest BCUT2D eigenvalue weighted by atomic mass is 9.76. The summed E-state index contributed by atoms with van der Waals surface area (Å²) in [6.45, 7) is 5.47. The van der Waals surface area contributed by atoms with Gasteiger partial charge in [-0.2, -0.15) is 0 Å². The first-order chi connectivity index (χ1) is 11.4. The van der Waals surface area contributed by atoms with E-state index < -0.39 is 11.7 Å². The predicted octanol–water partition coefficient (Wildman–Crippen LogP) is 4.24. The van der Waals surface area contributed by atoms with E-state index in [1.807, 2.05) is 20.8 Å². The van der Waals surface area contributed by atoms with E-state index in [2.05, 4.69) is 35.6 Å². The van der Waals surface area contributed by atoms with Crippen molar-refractivity contribution in [2.75, 3.05) is 6.61 Å². The quantitative estimate of drug-likeness (QED) is 0.847. The average Bonchev–Trinajstić information content (AvgIpc) is 2.54. The number of hydrogen-bond donors (Lipinski definition) is 2. The first-order valence-electron chi connectivity index (χ1n) is 9.02. The smallest absolute Gasteiger partial charge is 0.407 e. The fraction of sp³-hybridized carbons (Fsp3) is 0.650. The largest absolute Gasteiger partial charge is 0.444 e. The predicted molar refractivity (Wildman–Crippen MR) is 96.0 cm³/mol. The number of amides is 1. The Morgan fingerprint density at radius 3 is 2.38 bits per heavy atom. The lowest BCUT2D eigenvalue weighted by molar-refractivity contribution is 0.0468. The Morgan fingerprint density at radius 2 is 1.83 bits per heavy atom. The highest BCUT2D eigenvalue weighted by atomic mass is 16.6. The van der Waals surface area contributed by atoms with Gasteiger partial charge in [0.25, 0.3) is 0 Å². The van der Waals surface area contributed by atoms with Gasteiger partial charge in [0.05, 0.1) is 12.6 Å². The van der Waals surface area contributed by atoms with Crippen LogP contribution >= 0.6 is 0 Å². The number of carbonyl (C=O) groups excluding carboxylic acids is 1. The molecule has 1 atom stereocenters. The minimum absolute atomic E-state index is 0.0438. The van der Waals surface area contributed by atoms with Gasteiger partial charge in [-0.15, -0.1) is 0 Å². The SMILES string of the molecule is CC(C)(C)OC(=O)N[C@@H](CO)CC1CCC(c2ccccc2)CC1. The summed E-state index contributed by atoms with van der Waals surface area (Å²) in [6.07, 6.45) is 5.02. The van der Waals surface area contributed by atoms with E-state index in [1.165, 1.54) is 18.4 Å². The van der Waals surface area contributed by atoms with Crippen molar-refractivity contribution < 1.29 is 14.6 Å². The van der Waals surface area contributed by atoms with Crippen LogP contribution in [0.1, 0.15) is 64.4 Å². The Kier molecular flexibility index (Phi) is 6.67. The van der Waals surface area contributed by atoms with Gasteiger partial charge < -0.3 is 15.2 Å². The molecule has 0 bridgehead atoms. The fourth-order valence-electron chi connectivity index (χ4n) is 3.51. The maximum atomic E-state index is 11.9. The van der Waals surface area contributed by atoms with Crippen molar-refractivity contribution in [3.05, 3.63) is 35.9 Å². The molecule has 1 saturated carbocycles. The Morgan fingerprint density at radius 1 is 1.21 bits per heavy atom. The number of rotatable bonds is 5. The van der Waals surface area contributed by atoms with Crippen LogP contribution in [0.25, 0.3) is 0 Å². The minimum atomic E-state index is -0.516. The number of ether oxygens (including phenoxy) is 1. The lowest BCUT2D eigenvalue weighted by Crippen LogP contribution is -2.42. The Bertz CT molecular complexity index is 501. The Labute approximate surface area is 145 Å². The highest BCUT2D eigenvalue weighted by molar-refractivity contribution is 5.68. The molecule has 2 rings (SSSR count). The fourth-order valence-corrected chi connectivity index (χ4v) is 3.51. The van der Waals surface area contributed by atoms with Gasteiger partial charge in [0, 0.05) is 0 Å². The number of benzene rings is 1. The van der Waals surface area contributed by atoms with E-state index >= 15 is 0 Å². The molecule has 0 saturated heterocycles. The molecule has 1 aromatic carbocycles. The van der Waals surface area contributed by atoms with E-state index in [-0.39, 0.29) is 12.6 Å². The summed E-state index contributed by atoms with van der Waals surface area (Å²) in [7, 11) is 0. The van der Waals surface area contributed by atoms with E-state index in [0.717, 1.165) is 19.3 Å². The van der Waals surface area contributed by atoms with Crippen molar-refractivity contribution in [2.45, 2.75) is 70.4 Å². The molecule has 0 radical (unpaired) electrons. The summed E-state index contributed by atoms with van der Waals surface area (Å²) in [5.41, 5.74) is 0.916. The first-order valence-corrected chi connectivity index (χ1v) is 9.02. The molecule has 4 nitrogen and oxygen atoms in total. The molecule has 0 aromatic heterocycles. The molecule has 1 amide bonds. The second-order valence-electron chi connectivity index (χ2n) is 7.89. The van der Waals surface area contributed by atoms with Crippen LogP contribution in [0.5, 0.6) is 0 Å². The average molecular weight is 333 g/mol. The summed E-state index contributed by atoms with van der Waals surface area (Å²) in [5, 5.41) is 12.4. The van der Waals surface area contributed by atoms with E-state index in [4.69, 9.17) is 4.74 Å². The zero-order valence-electron chi connectivity index (χ0n) is 15.1. The van der Waals surface area contributed by atoms with Crippen molar-refractivity contribution in [3.63, 3.8) is 0 Å². The number of nitrogens with one attached hydrogen (secondary N) is 1. The number of carbonyl (C=O) groups is 1. The zero-order chi connectivity index (χ0) is 17.6.